The number of phenolic OH excluding ortho intramolecular Hbond substituents is 1. The normalized spacial score (nSPS) is 29.2. The van der Waals surface area contributed by atoms with E-state index in [1.165, 1.54) is 0 Å². The first kappa shape index (κ1) is 18.6. The number of hydrogen-bond acceptors (Lipinski definition) is 6. The van der Waals surface area contributed by atoms with Gasteiger partial charge in [-0.05, 0) is 37.4 Å². The Bertz CT molecular complexity index is 879. The number of benzene rings is 1. The minimum atomic E-state index is 0.122. The number of nitrogens with zero attached hydrogens (tertiary/aromatic N) is 5. The molecule has 0 aliphatic carbocycles. The quantitative estimate of drug-likeness (QED) is 0.835. The van der Waals surface area contributed by atoms with E-state index >= 15 is 0 Å². The van der Waals surface area contributed by atoms with Gasteiger partial charge in [-0.2, -0.15) is 0 Å². The molecular formula is C21H27N5O3. The first-order chi connectivity index (χ1) is 14.2. The van der Waals surface area contributed by atoms with Gasteiger partial charge in [-0.15, -0.1) is 5.10 Å². The van der Waals surface area contributed by atoms with Crippen LogP contribution in [0.2, 0.25) is 0 Å². The first-order valence-electron chi connectivity index (χ1n) is 10.5. The lowest BCUT2D eigenvalue weighted by Gasteiger charge is -2.50. The highest BCUT2D eigenvalue weighted by Gasteiger charge is 2.44. The number of morpholine rings is 1. The van der Waals surface area contributed by atoms with Gasteiger partial charge in [0.05, 0.1) is 31.9 Å². The van der Waals surface area contributed by atoms with E-state index < -0.39 is 0 Å². The number of phenols is 1. The molecule has 6 rings (SSSR count). The van der Waals surface area contributed by atoms with E-state index in [0.29, 0.717) is 31.1 Å². The van der Waals surface area contributed by atoms with Gasteiger partial charge in [0.25, 0.3) is 0 Å². The van der Waals surface area contributed by atoms with Gasteiger partial charge in [0.1, 0.15) is 11.4 Å². The molecule has 0 spiro atoms. The molecule has 154 valence electrons. The highest BCUT2D eigenvalue weighted by molar-refractivity contribution is 5.79. The van der Waals surface area contributed by atoms with Crippen LogP contribution in [0.5, 0.6) is 5.75 Å². The number of carbonyl (C=O) groups is 1. The molecule has 2 bridgehead atoms. The Kier molecular flexibility index (Phi) is 4.97. The van der Waals surface area contributed by atoms with E-state index in [-0.39, 0.29) is 11.7 Å². The Morgan fingerprint density at radius 3 is 2.86 bits per heavy atom. The minimum absolute atomic E-state index is 0.122. The van der Waals surface area contributed by atoms with Crippen molar-refractivity contribution in [1.82, 2.24) is 24.8 Å². The van der Waals surface area contributed by atoms with Gasteiger partial charge in [0.2, 0.25) is 5.91 Å². The summed E-state index contributed by atoms with van der Waals surface area (Å²) in [5.74, 6) is 1.11. The molecule has 1 aromatic heterocycles. The standard InChI is InChI=1S/C21H27N5O3/c27-18-3-1-2-16(11-18)20-14-26(23-22-20)12-17-10-15-4-5-25(17)13-19(15)21(28)24-6-8-29-9-7-24/h1-3,11,14-15,17,19,27H,4-10,12-13H2. The molecule has 1 amide bonds. The van der Waals surface area contributed by atoms with Crippen molar-refractivity contribution in [2.75, 3.05) is 39.4 Å². The van der Waals surface area contributed by atoms with Crippen molar-refractivity contribution in [3.8, 4) is 17.0 Å². The lowest BCUT2D eigenvalue weighted by Crippen LogP contribution is -2.59. The van der Waals surface area contributed by atoms with Gasteiger partial charge in [-0.25, -0.2) is 0 Å². The lowest BCUT2D eigenvalue weighted by atomic mass is 9.75. The van der Waals surface area contributed by atoms with E-state index in [9.17, 15) is 9.90 Å². The summed E-state index contributed by atoms with van der Waals surface area (Å²) in [6.07, 6.45) is 4.07. The summed E-state index contributed by atoms with van der Waals surface area (Å²) in [7, 11) is 0. The zero-order valence-corrected chi connectivity index (χ0v) is 16.5. The van der Waals surface area contributed by atoms with Crippen molar-refractivity contribution in [2.24, 2.45) is 11.8 Å². The number of aromatic hydroxyl groups is 1. The second-order valence-corrected chi connectivity index (χ2v) is 8.35. The summed E-state index contributed by atoms with van der Waals surface area (Å²) in [6.45, 7) is 5.44. The second-order valence-electron chi connectivity index (χ2n) is 8.35. The number of carbonyl (C=O) groups excluding carboxylic acids is 1. The Labute approximate surface area is 170 Å². The van der Waals surface area contributed by atoms with E-state index in [4.69, 9.17) is 4.74 Å². The van der Waals surface area contributed by atoms with Gasteiger partial charge in [-0.3, -0.25) is 14.4 Å². The smallest absolute Gasteiger partial charge is 0.227 e. The maximum atomic E-state index is 13.0. The molecule has 4 aliphatic rings. The topological polar surface area (TPSA) is 83.7 Å². The molecule has 4 unspecified atom stereocenters. The van der Waals surface area contributed by atoms with Gasteiger partial charge in [0.15, 0.2) is 0 Å². The predicted octanol–water partition coefficient (Wildman–Crippen LogP) is 1.22. The van der Waals surface area contributed by atoms with Crippen molar-refractivity contribution >= 4 is 5.91 Å². The summed E-state index contributed by atoms with van der Waals surface area (Å²) in [4.78, 5) is 17.4. The number of ether oxygens (including phenoxy) is 1. The van der Waals surface area contributed by atoms with E-state index in [2.05, 4.69) is 15.2 Å². The van der Waals surface area contributed by atoms with Gasteiger partial charge in [-0.1, -0.05) is 17.3 Å². The predicted molar refractivity (Wildman–Crippen MR) is 106 cm³/mol. The molecule has 8 heteroatoms. The number of rotatable bonds is 4. The highest BCUT2D eigenvalue weighted by Crippen LogP contribution is 2.38. The maximum absolute atomic E-state index is 13.0. The molecule has 2 aromatic rings. The van der Waals surface area contributed by atoms with Crippen molar-refractivity contribution < 1.29 is 14.6 Å². The fraction of sp³-hybridized carbons (Fsp3) is 0.571. The highest BCUT2D eigenvalue weighted by atomic mass is 16.5. The molecule has 4 fully saturated rings. The fourth-order valence-corrected chi connectivity index (χ4v) is 5.03. The zero-order chi connectivity index (χ0) is 19.8. The molecule has 0 radical (unpaired) electrons. The Morgan fingerprint density at radius 1 is 1.24 bits per heavy atom. The van der Waals surface area contributed by atoms with Crippen LogP contribution < -0.4 is 0 Å². The average Bonchev–Trinajstić information content (AvgIpc) is 3.23. The third kappa shape index (κ3) is 3.74. The van der Waals surface area contributed by atoms with Gasteiger partial charge >= 0.3 is 0 Å². The molecule has 0 saturated carbocycles. The average molecular weight is 397 g/mol. The van der Waals surface area contributed by atoms with Crippen molar-refractivity contribution in [1.29, 1.82) is 0 Å². The maximum Gasteiger partial charge on any atom is 0.227 e. The van der Waals surface area contributed by atoms with Crippen LogP contribution in [-0.2, 0) is 16.1 Å². The summed E-state index contributed by atoms with van der Waals surface area (Å²) in [5, 5.41) is 18.2. The molecule has 5 heterocycles. The van der Waals surface area contributed by atoms with Crippen LogP contribution in [0.15, 0.2) is 30.5 Å². The largest absolute Gasteiger partial charge is 0.508 e. The Morgan fingerprint density at radius 2 is 2.10 bits per heavy atom. The molecule has 8 nitrogen and oxygen atoms in total. The molecule has 1 aromatic carbocycles. The summed E-state index contributed by atoms with van der Waals surface area (Å²) >= 11 is 0. The first-order valence-corrected chi connectivity index (χ1v) is 10.5. The monoisotopic (exact) mass is 397 g/mol. The van der Waals surface area contributed by atoms with E-state index in [1.807, 2.05) is 21.8 Å². The van der Waals surface area contributed by atoms with Crippen molar-refractivity contribution in [3.63, 3.8) is 0 Å². The molecular weight excluding hydrogens is 370 g/mol. The van der Waals surface area contributed by atoms with Crippen LogP contribution in [0.3, 0.4) is 0 Å². The molecule has 4 saturated heterocycles. The van der Waals surface area contributed by atoms with Crippen LogP contribution >= 0.6 is 0 Å². The van der Waals surface area contributed by atoms with Crippen LogP contribution in [0, 0.1) is 11.8 Å². The molecule has 4 atom stereocenters. The van der Waals surface area contributed by atoms with Crippen LogP contribution in [0.1, 0.15) is 12.8 Å². The van der Waals surface area contributed by atoms with E-state index in [0.717, 1.165) is 56.8 Å². The number of fused-ring (bicyclic) bond motifs is 3. The lowest BCUT2D eigenvalue weighted by molar-refractivity contribution is -0.148. The fourth-order valence-electron chi connectivity index (χ4n) is 5.03. The Balaban J connectivity index is 1.24. The molecule has 29 heavy (non-hydrogen) atoms. The third-order valence-electron chi connectivity index (χ3n) is 6.60. The molecule has 4 aliphatic heterocycles. The second kappa shape index (κ2) is 7.76. The zero-order valence-electron chi connectivity index (χ0n) is 16.5. The summed E-state index contributed by atoms with van der Waals surface area (Å²) < 4.78 is 7.28. The molecule has 1 N–H and O–H groups in total. The Hall–Kier alpha value is -2.45. The summed E-state index contributed by atoms with van der Waals surface area (Å²) in [5.41, 5.74) is 1.62. The van der Waals surface area contributed by atoms with Crippen LogP contribution in [-0.4, -0.2) is 81.2 Å². The van der Waals surface area contributed by atoms with Crippen molar-refractivity contribution in [3.05, 3.63) is 30.5 Å². The third-order valence-corrected chi connectivity index (χ3v) is 6.60. The minimum Gasteiger partial charge on any atom is -0.508 e. The number of amides is 1. The van der Waals surface area contributed by atoms with Gasteiger partial charge < -0.3 is 14.7 Å². The van der Waals surface area contributed by atoms with Gasteiger partial charge in [0, 0.05) is 31.2 Å². The summed E-state index contributed by atoms with van der Waals surface area (Å²) in [6, 6.07) is 7.46. The SMILES string of the molecule is O=C(C1CN2CCC1CC2Cn1cc(-c2cccc(O)c2)nn1)N1CCOCC1. The number of hydrogen-bond donors (Lipinski definition) is 1. The van der Waals surface area contributed by atoms with E-state index in [1.54, 1.807) is 18.2 Å². The number of piperidine rings is 3. The number of aromatic nitrogens is 3. The van der Waals surface area contributed by atoms with Crippen LogP contribution in [0.4, 0.5) is 0 Å². The van der Waals surface area contributed by atoms with Crippen molar-refractivity contribution in [2.45, 2.75) is 25.4 Å². The van der Waals surface area contributed by atoms with Crippen LogP contribution in [0.25, 0.3) is 11.3 Å².